The predicted molar refractivity (Wildman–Crippen MR) is 109 cm³/mol. The number of hydrogen-bond acceptors (Lipinski definition) is 1. The van der Waals surface area contributed by atoms with E-state index in [4.69, 9.17) is 0 Å². The smallest absolute Gasteiger partial charge is 0.662 e. The Morgan fingerprint density at radius 1 is 0.560 bits per heavy atom. The van der Waals surface area contributed by atoms with Crippen molar-refractivity contribution in [2.75, 3.05) is 26.2 Å². The maximum absolute atomic E-state index is 4.18. The van der Waals surface area contributed by atoms with E-state index in [9.17, 15) is 0 Å². The molecule has 2 saturated carbocycles. The number of nitrogens with one attached hydrogen (secondary N) is 1. The van der Waals surface area contributed by atoms with Crippen LogP contribution in [0, 0.1) is 58.8 Å². The van der Waals surface area contributed by atoms with Gasteiger partial charge in [-0.25, -0.2) is 0 Å². The van der Waals surface area contributed by atoms with Crippen LogP contribution in [0.15, 0.2) is 0 Å². The summed E-state index contributed by atoms with van der Waals surface area (Å²) >= 11 is 0. The predicted octanol–water partition coefficient (Wildman–Crippen LogP) is 6.70. The van der Waals surface area contributed by atoms with Crippen molar-refractivity contribution in [1.29, 1.82) is 0 Å². The zero-order valence-electron chi connectivity index (χ0n) is 17.1. The van der Waals surface area contributed by atoms with Gasteiger partial charge in [-0.3, -0.25) is 0 Å². The molecule has 0 bridgehead atoms. The largest absolute Gasteiger partial charge is 3.00 e. The van der Waals surface area contributed by atoms with Gasteiger partial charge in [0.1, 0.15) is 0 Å². The number of rotatable bonds is 0. The average molecular weight is 511 g/mol. The molecule has 0 unspecified atom stereocenters. The minimum Gasteiger partial charge on any atom is -0.662 e. The monoisotopic (exact) mass is 511 g/mol. The van der Waals surface area contributed by atoms with E-state index >= 15 is 0 Å². The normalized spacial score (nSPS) is 23.8. The first-order valence-electron chi connectivity index (χ1n) is 11.1. The molecule has 0 spiro atoms. The fourth-order valence-corrected chi connectivity index (χ4v) is 3.80. The molecule has 2 nitrogen and oxygen atoms in total. The molecule has 4 aliphatic rings. The fraction of sp³-hybridized carbons (Fsp3) is 1.00. The van der Waals surface area contributed by atoms with Crippen LogP contribution in [-0.2, 0) is 0 Å². The van der Waals surface area contributed by atoms with Crippen LogP contribution >= 0.6 is 0 Å². The average Bonchev–Trinajstić information content (AvgIpc) is 3.33. The van der Waals surface area contributed by atoms with Crippen LogP contribution in [0.3, 0.4) is 0 Å². The van der Waals surface area contributed by atoms with E-state index in [1.165, 1.54) is 103 Å². The maximum atomic E-state index is 4.18. The van der Waals surface area contributed by atoms with E-state index < -0.39 is 0 Å². The third-order valence-electron chi connectivity index (χ3n) is 5.63. The summed E-state index contributed by atoms with van der Waals surface area (Å²) in [4.78, 5) is 0. The van der Waals surface area contributed by atoms with E-state index in [1.807, 2.05) is 0 Å². The topological polar surface area (TPSA) is 26.1 Å². The van der Waals surface area contributed by atoms with Gasteiger partial charge < -0.3 is 10.6 Å². The van der Waals surface area contributed by atoms with Gasteiger partial charge in [-0.05, 0) is 37.8 Å². The molecule has 2 heterocycles. The Morgan fingerprint density at radius 3 is 1.08 bits per heavy atom. The summed E-state index contributed by atoms with van der Waals surface area (Å²) in [6, 6.07) is 0. The summed E-state index contributed by atoms with van der Waals surface area (Å²) in [5.41, 5.74) is 0. The van der Waals surface area contributed by atoms with Crippen molar-refractivity contribution in [2.24, 2.45) is 11.8 Å². The van der Waals surface area contributed by atoms with Gasteiger partial charge in [0, 0.05) is 0 Å². The third-order valence-corrected chi connectivity index (χ3v) is 5.63. The van der Waals surface area contributed by atoms with Crippen LogP contribution in [-0.4, -0.2) is 26.2 Å². The van der Waals surface area contributed by atoms with E-state index in [1.54, 1.807) is 0 Å². The van der Waals surface area contributed by atoms with Crippen molar-refractivity contribution in [1.82, 2.24) is 5.32 Å². The second-order valence-corrected chi connectivity index (χ2v) is 8.32. The Hall–Kier alpha value is 1.44. The molecule has 0 aromatic heterocycles. The first-order valence-corrected chi connectivity index (χ1v) is 11.1. The molecule has 2 aliphatic heterocycles. The molecule has 4 rings (SSSR count). The molecule has 155 valence electrons. The molecule has 0 atom stereocenters. The van der Waals surface area contributed by atoms with Crippen molar-refractivity contribution in [2.45, 2.75) is 104 Å². The molecular weight excluding hydrogens is 465 g/mol. The second-order valence-electron chi connectivity index (χ2n) is 8.32. The fourth-order valence-electron chi connectivity index (χ4n) is 3.80. The molecule has 0 amide bonds. The van der Waals surface area contributed by atoms with Crippen molar-refractivity contribution in [3.05, 3.63) is 5.32 Å². The zero-order chi connectivity index (χ0) is 17.3. The van der Waals surface area contributed by atoms with Gasteiger partial charge in [0.15, 0.2) is 0 Å². The molecule has 1 N–H and O–H groups in total. The number of nitrogens with zero attached hydrogens (tertiary/aromatic N) is 1. The van der Waals surface area contributed by atoms with Gasteiger partial charge in [0.25, 0.3) is 0 Å². The minimum absolute atomic E-state index is 0. The Kier molecular flexibility index (Phi) is 21.3. The van der Waals surface area contributed by atoms with Gasteiger partial charge in [-0.15, -0.1) is 13.1 Å². The van der Waals surface area contributed by atoms with E-state index in [2.05, 4.69) is 24.5 Å². The van der Waals surface area contributed by atoms with Crippen molar-refractivity contribution < 1.29 is 46.9 Å². The van der Waals surface area contributed by atoms with Crippen LogP contribution in [0.25, 0.3) is 5.32 Å². The summed E-state index contributed by atoms with van der Waals surface area (Å²) < 4.78 is 0. The minimum atomic E-state index is 0. The van der Waals surface area contributed by atoms with Crippen molar-refractivity contribution in [3.63, 3.8) is 0 Å². The molecule has 4 fully saturated rings. The quantitative estimate of drug-likeness (QED) is 0.386. The SMILES string of the molecule is C1CCNCC1.C1CC[N-]CC1.CC1CCCC1.CC1CCCC1.[Yb+3]. The van der Waals surface area contributed by atoms with Crippen molar-refractivity contribution in [3.8, 4) is 0 Å². The van der Waals surface area contributed by atoms with Gasteiger partial charge >= 0.3 is 46.9 Å². The summed E-state index contributed by atoms with van der Waals surface area (Å²) in [5.74, 6) is 2.09. The first kappa shape index (κ1) is 26.4. The van der Waals surface area contributed by atoms with E-state index in [0.717, 1.165) is 24.9 Å². The number of hydrogen-bond donors (Lipinski definition) is 1. The molecular formula is C22H45N2Yb+2. The van der Waals surface area contributed by atoms with Gasteiger partial charge in [0.05, 0.1) is 0 Å². The van der Waals surface area contributed by atoms with Crippen LogP contribution in [0.5, 0.6) is 0 Å². The van der Waals surface area contributed by atoms with Gasteiger partial charge in [-0.1, -0.05) is 90.9 Å². The molecule has 2 aliphatic carbocycles. The van der Waals surface area contributed by atoms with Gasteiger partial charge in [-0.2, -0.15) is 0 Å². The molecule has 25 heavy (non-hydrogen) atoms. The second kappa shape index (κ2) is 20.2. The van der Waals surface area contributed by atoms with Gasteiger partial charge in [0.2, 0.25) is 0 Å². The van der Waals surface area contributed by atoms with Crippen LogP contribution in [0.1, 0.15) is 104 Å². The van der Waals surface area contributed by atoms with E-state index in [0.29, 0.717) is 0 Å². The summed E-state index contributed by atoms with van der Waals surface area (Å²) in [5, 5.41) is 7.46. The molecule has 1 radical (unpaired) electrons. The van der Waals surface area contributed by atoms with Crippen LogP contribution in [0.2, 0.25) is 0 Å². The van der Waals surface area contributed by atoms with Crippen LogP contribution < -0.4 is 5.32 Å². The molecule has 2 saturated heterocycles. The standard InChI is InChI=1S/2C6H12.C5H11N.C5H10N.Yb/c2*1-6-4-2-3-5-6;2*1-2-4-6-5-3-1;/h2*6H,2-5H2,1H3;6H,1-5H2;1-5H2;/q;;;-1;+3. The van der Waals surface area contributed by atoms with E-state index in [-0.39, 0.29) is 46.9 Å². The summed E-state index contributed by atoms with van der Waals surface area (Å²) in [7, 11) is 0. The Bertz CT molecular complexity index is 191. The Labute approximate surface area is 197 Å². The summed E-state index contributed by atoms with van der Waals surface area (Å²) in [6.45, 7) is 9.43. The van der Waals surface area contributed by atoms with Crippen LogP contribution in [0.4, 0.5) is 0 Å². The third kappa shape index (κ3) is 18.6. The first-order chi connectivity index (χ1) is 11.8. The van der Waals surface area contributed by atoms with Crippen molar-refractivity contribution >= 4 is 0 Å². The zero-order valence-corrected chi connectivity index (χ0v) is 18.8. The molecule has 3 heteroatoms. The molecule has 0 aromatic carbocycles. The number of piperidine rings is 2. The Balaban J connectivity index is 0.000000303. The Morgan fingerprint density at radius 2 is 0.960 bits per heavy atom. The summed E-state index contributed by atoms with van der Waals surface area (Å²) in [6.07, 6.45) is 20.2. The maximum Gasteiger partial charge on any atom is 3.00 e. The molecule has 0 aromatic rings.